The van der Waals surface area contributed by atoms with Crippen LogP contribution in [0.3, 0.4) is 0 Å². The van der Waals surface area contributed by atoms with Crippen molar-refractivity contribution in [1.29, 1.82) is 0 Å². The van der Waals surface area contributed by atoms with Gasteiger partial charge in [0.05, 0.1) is 17.2 Å². The average Bonchev–Trinajstić information content (AvgIpc) is 3.59. The maximum atomic E-state index is 13.4. The molecule has 0 saturated heterocycles. The number of halogens is 1. The molecule has 192 valence electrons. The summed E-state index contributed by atoms with van der Waals surface area (Å²) in [5, 5.41) is 23.1. The summed E-state index contributed by atoms with van der Waals surface area (Å²) in [6.45, 7) is 1.93. The molecule has 5 aromatic rings. The Morgan fingerprint density at radius 1 is 1.08 bits per heavy atom. The summed E-state index contributed by atoms with van der Waals surface area (Å²) in [5.41, 5.74) is 4.82. The molecule has 1 atom stereocenters. The third kappa shape index (κ3) is 5.78. The number of carbonyl (C=O) groups is 2. The molecule has 0 aliphatic carbocycles. The molecule has 5 rings (SSSR count). The molecule has 2 heterocycles. The van der Waals surface area contributed by atoms with Gasteiger partial charge in [-0.1, -0.05) is 48.0 Å². The first-order valence-corrected chi connectivity index (χ1v) is 12.7. The monoisotopic (exact) mass is 527 g/mol. The number of tetrazole rings is 1. The number of aromatic nitrogens is 6. The van der Waals surface area contributed by atoms with E-state index < -0.39 is 6.04 Å². The van der Waals surface area contributed by atoms with E-state index in [9.17, 15) is 9.59 Å². The number of fused-ring (bicyclic) bond motifs is 1. The summed E-state index contributed by atoms with van der Waals surface area (Å²) in [5.74, 6) is -0.345. The molecule has 0 radical (unpaired) electrons. The average molecular weight is 528 g/mol. The summed E-state index contributed by atoms with van der Waals surface area (Å²) in [6.07, 6.45) is 3.39. The number of hydrogen-bond donors (Lipinski definition) is 2. The normalized spacial score (nSPS) is 11.9. The molecule has 2 aromatic heterocycles. The van der Waals surface area contributed by atoms with Crippen molar-refractivity contribution >= 4 is 34.2 Å². The van der Waals surface area contributed by atoms with Crippen molar-refractivity contribution in [2.24, 2.45) is 0 Å². The zero-order valence-corrected chi connectivity index (χ0v) is 21.5. The van der Waals surface area contributed by atoms with Gasteiger partial charge in [-0.25, -0.2) is 4.68 Å². The third-order valence-corrected chi connectivity index (χ3v) is 6.73. The van der Waals surface area contributed by atoms with E-state index in [0.717, 1.165) is 27.9 Å². The standard InChI is InChI=1S/C28H26ClN7O2/c1-18-23-12-10-21(16-24(23)33-32-18)28(38)31-25(14-19-6-3-2-4-7-19)27(37)9-5-8-20-15-22(29)11-13-26(20)36-17-30-34-35-36/h2-4,6-7,10-13,15-17,25H,5,8-9,14H2,1H3,(H,31,38)(H,32,33)/t25-/m0/s1. The molecule has 0 spiro atoms. The Morgan fingerprint density at radius 3 is 2.71 bits per heavy atom. The summed E-state index contributed by atoms with van der Waals surface area (Å²) < 4.78 is 1.57. The lowest BCUT2D eigenvalue weighted by Gasteiger charge is -2.18. The van der Waals surface area contributed by atoms with Crippen LogP contribution in [0.1, 0.15) is 40.0 Å². The van der Waals surface area contributed by atoms with Crippen molar-refractivity contribution in [3.05, 3.63) is 100 Å². The number of rotatable bonds is 10. The molecule has 0 bridgehead atoms. The molecule has 38 heavy (non-hydrogen) atoms. The molecule has 0 aliphatic heterocycles. The summed E-state index contributed by atoms with van der Waals surface area (Å²) in [7, 11) is 0. The highest BCUT2D eigenvalue weighted by Gasteiger charge is 2.22. The number of nitrogens with zero attached hydrogens (tertiary/aromatic N) is 5. The van der Waals surface area contributed by atoms with Crippen LogP contribution in [-0.2, 0) is 17.6 Å². The van der Waals surface area contributed by atoms with Crippen LogP contribution < -0.4 is 5.32 Å². The Balaban J connectivity index is 1.30. The number of carbonyl (C=O) groups excluding carboxylic acids is 2. The maximum Gasteiger partial charge on any atom is 0.251 e. The van der Waals surface area contributed by atoms with Gasteiger partial charge in [-0.2, -0.15) is 5.10 Å². The van der Waals surface area contributed by atoms with E-state index in [-0.39, 0.29) is 18.1 Å². The number of hydrogen-bond acceptors (Lipinski definition) is 6. The highest BCUT2D eigenvalue weighted by molar-refractivity contribution is 6.30. The van der Waals surface area contributed by atoms with E-state index >= 15 is 0 Å². The molecule has 0 saturated carbocycles. The fourth-order valence-electron chi connectivity index (χ4n) is 4.50. The van der Waals surface area contributed by atoms with E-state index in [2.05, 4.69) is 31.0 Å². The first-order chi connectivity index (χ1) is 18.5. The number of aryl methyl sites for hydroxylation is 2. The van der Waals surface area contributed by atoms with Crippen molar-refractivity contribution < 1.29 is 9.59 Å². The largest absolute Gasteiger partial charge is 0.342 e. The van der Waals surface area contributed by atoms with Gasteiger partial charge in [0, 0.05) is 28.1 Å². The lowest BCUT2D eigenvalue weighted by Crippen LogP contribution is -2.42. The van der Waals surface area contributed by atoms with Crippen molar-refractivity contribution in [1.82, 2.24) is 35.7 Å². The number of aromatic amines is 1. The van der Waals surface area contributed by atoms with Crippen molar-refractivity contribution in [2.45, 2.75) is 38.6 Å². The zero-order valence-electron chi connectivity index (χ0n) is 20.8. The topological polar surface area (TPSA) is 118 Å². The number of H-pyrrole nitrogens is 1. The summed E-state index contributed by atoms with van der Waals surface area (Å²) in [6, 6.07) is 19.9. The molecule has 1 amide bonds. The van der Waals surface area contributed by atoms with E-state index in [0.29, 0.717) is 35.4 Å². The van der Waals surface area contributed by atoms with E-state index in [1.807, 2.05) is 55.5 Å². The van der Waals surface area contributed by atoms with Gasteiger partial charge in [-0.15, -0.1) is 5.10 Å². The van der Waals surface area contributed by atoms with Crippen LogP contribution in [0.4, 0.5) is 0 Å². The third-order valence-electron chi connectivity index (χ3n) is 6.49. The first-order valence-electron chi connectivity index (χ1n) is 12.3. The molecule has 0 unspecified atom stereocenters. The van der Waals surface area contributed by atoms with Gasteiger partial charge in [0.1, 0.15) is 6.33 Å². The first kappa shape index (κ1) is 25.3. The van der Waals surface area contributed by atoms with Gasteiger partial charge in [0.15, 0.2) is 5.78 Å². The highest BCUT2D eigenvalue weighted by atomic mass is 35.5. The second kappa shape index (κ2) is 11.4. The minimum absolute atomic E-state index is 0.0371. The molecule has 0 fully saturated rings. The molecule has 9 nitrogen and oxygen atoms in total. The molecular formula is C28H26ClN7O2. The smallest absolute Gasteiger partial charge is 0.251 e. The van der Waals surface area contributed by atoms with Crippen LogP contribution in [0.2, 0.25) is 5.02 Å². The Labute approximate surface area is 224 Å². The Bertz CT molecular complexity index is 1570. The number of amides is 1. The molecule has 10 heteroatoms. The predicted molar refractivity (Wildman–Crippen MR) is 144 cm³/mol. The van der Waals surface area contributed by atoms with Gasteiger partial charge in [-0.3, -0.25) is 14.7 Å². The lowest BCUT2D eigenvalue weighted by atomic mass is 9.97. The Hall–Kier alpha value is -4.37. The minimum Gasteiger partial charge on any atom is -0.342 e. The lowest BCUT2D eigenvalue weighted by molar-refractivity contribution is -0.121. The van der Waals surface area contributed by atoms with Gasteiger partial charge in [0.2, 0.25) is 0 Å². The summed E-state index contributed by atoms with van der Waals surface area (Å²) in [4.78, 5) is 26.6. The summed E-state index contributed by atoms with van der Waals surface area (Å²) >= 11 is 6.23. The Morgan fingerprint density at radius 2 is 1.92 bits per heavy atom. The van der Waals surface area contributed by atoms with E-state index in [1.165, 1.54) is 6.33 Å². The molecule has 3 aromatic carbocycles. The van der Waals surface area contributed by atoms with Gasteiger partial charge in [0.25, 0.3) is 5.91 Å². The second-order valence-corrected chi connectivity index (χ2v) is 9.58. The molecular weight excluding hydrogens is 502 g/mol. The van der Waals surface area contributed by atoms with Gasteiger partial charge < -0.3 is 5.32 Å². The highest BCUT2D eigenvalue weighted by Crippen LogP contribution is 2.22. The van der Waals surface area contributed by atoms with Crippen LogP contribution in [0.15, 0.2) is 73.1 Å². The Kier molecular flexibility index (Phi) is 7.55. The minimum atomic E-state index is -0.667. The van der Waals surface area contributed by atoms with Crippen LogP contribution in [-0.4, -0.2) is 48.1 Å². The number of ketones is 1. The SMILES string of the molecule is Cc1[nH]nc2cc(C(=O)N[C@@H](Cc3ccccc3)C(=O)CCCc3cc(Cl)ccc3-n3cnnn3)ccc12. The van der Waals surface area contributed by atoms with Crippen LogP contribution in [0.25, 0.3) is 16.6 Å². The number of benzene rings is 3. The maximum absolute atomic E-state index is 13.4. The van der Waals surface area contributed by atoms with Gasteiger partial charge >= 0.3 is 0 Å². The fraction of sp³-hybridized carbons (Fsp3) is 0.214. The van der Waals surface area contributed by atoms with Crippen molar-refractivity contribution in [3.63, 3.8) is 0 Å². The second-order valence-electron chi connectivity index (χ2n) is 9.14. The van der Waals surface area contributed by atoms with Crippen LogP contribution in [0, 0.1) is 6.92 Å². The molecule has 0 aliphatic rings. The molecule has 2 N–H and O–H groups in total. The number of Topliss-reactive ketones (excluding diaryl/α,β-unsaturated/α-hetero) is 1. The zero-order chi connectivity index (χ0) is 26.5. The van der Waals surface area contributed by atoms with Gasteiger partial charge in [-0.05, 0) is 78.1 Å². The van der Waals surface area contributed by atoms with E-state index in [1.54, 1.807) is 22.9 Å². The van der Waals surface area contributed by atoms with Crippen molar-refractivity contribution in [3.8, 4) is 5.69 Å². The van der Waals surface area contributed by atoms with E-state index in [4.69, 9.17) is 11.6 Å². The van der Waals surface area contributed by atoms with Crippen LogP contribution >= 0.6 is 11.6 Å². The number of nitrogens with one attached hydrogen (secondary N) is 2. The van der Waals surface area contributed by atoms with Crippen LogP contribution in [0.5, 0.6) is 0 Å². The quantitative estimate of drug-likeness (QED) is 0.277. The van der Waals surface area contributed by atoms with Crippen molar-refractivity contribution in [2.75, 3.05) is 0 Å². The fourth-order valence-corrected chi connectivity index (χ4v) is 4.70. The predicted octanol–water partition coefficient (Wildman–Crippen LogP) is 4.43.